The molecular weight excluding hydrogens is 877 g/mol. The number of rotatable bonds is 9. The number of carbonyl (C=O) groups is 3. The molecule has 6 aromatic rings. The van der Waals surface area contributed by atoms with E-state index in [4.69, 9.17) is 23.8 Å². The van der Waals surface area contributed by atoms with Crippen molar-refractivity contribution in [2.45, 2.75) is 58.2 Å². The van der Waals surface area contributed by atoms with Crippen molar-refractivity contribution in [3.8, 4) is 0 Å². The van der Waals surface area contributed by atoms with Crippen molar-refractivity contribution < 1.29 is 18.5 Å². The number of likely N-dealkylation sites (N-methyl/N-ethyl adjacent to an activating group) is 3. The standard InChI is InChI=1S/3C16H20N6O/c3*1-11-5-7-22(14(23)8-17-2)9-13(11)21(3)16-12-4-6-18-15(12)19-10-20-16/h3*4,6,10-11,13H,5,7-9H2,1,3H3,(H,18,19,20)/t3*11-,13+/m111/s1/i4D,6D;4D;. The maximum absolute atomic E-state index is 12.1. The van der Waals surface area contributed by atoms with Gasteiger partial charge in [-0.1, -0.05) is 20.8 Å². The van der Waals surface area contributed by atoms with Crippen LogP contribution in [-0.4, -0.2) is 175 Å². The van der Waals surface area contributed by atoms with Crippen molar-refractivity contribution in [3.63, 3.8) is 0 Å². The fourth-order valence-corrected chi connectivity index (χ4v) is 9.52. The molecule has 0 saturated carbocycles. The molecule has 3 N–H and O–H groups in total. The quantitative estimate of drug-likeness (QED) is 0.169. The Hall–Kier alpha value is -7.86. The summed E-state index contributed by atoms with van der Waals surface area (Å²) < 4.78 is 24.0. The first-order valence-corrected chi connectivity index (χ1v) is 23.0. The van der Waals surface area contributed by atoms with E-state index < -0.39 is 0 Å². The lowest BCUT2D eigenvalue weighted by atomic mass is 9.92. The lowest BCUT2D eigenvalue weighted by Gasteiger charge is -2.41. The Kier molecular flexibility index (Phi) is 14.5. The minimum Gasteiger partial charge on any atom is -0.354 e. The topological polar surface area (TPSA) is 208 Å². The van der Waals surface area contributed by atoms with Crippen LogP contribution in [-0.2, 0) is 14.4 Å². The minimum absolute atomic E-state index is 0.00991. The van der Waals surface area contributed by atoms with Gasteiger partial charge in [0.1, 0.15) is 53.4 Å². The number of likely N-dealkylation sites (tertiary alicyclic amines) is 3. The van der Waals surface area contributed by atoms with Gasteiger partial charge in [-0.25, -0.2) is 49.6 Å². The molecule has 6 atom stereocenters. The molecule has 21 nitrogen and oxygen atoms in total. The SMILES string of the molecule is [2H]c1[nH]c2ncnc(N(C)[C@H]3CN(C(=O)C[N+]#[C-])CC[C@H]3C)c2c1[2H].[2H]c1c[nH]c2ncnc(N(C)[C@H]3CN(C(=O)C[N+]#[C-])CC[C@H]3C)c12.[C-]#[N+]CC(=O)N1CC[C@@H](C)[C@@H](N(C)c2ncnc3[nH]ccc23)C1. The van der Waals surface area contributed by atoms with Gasteiger partial charge in [0.25, 0.3) is 19.6 Å². The number of H-pyrrole nitrogens is 3. The third kappa shape index (κ3) is 11.0. The molecule has 21 heteroatoms. The van der Waals surface area contributed by atoms with Crippen LogP contribution in [0.15, 0.2) is 55.7 Å². The van der Waals surface area contributed by atoms with E-state index in [1.807, 2.05) is 43.2 Å². The number of carbonyl (C=O) groups excluding carboxylic acids is 3. The molecule has 9 heterocycles. The van der Waals surface area contributed by atoms with E-state index in [1.54, 1.807) is 27.2 Å². The number of nitrogens with zero attached hydrogens (tertiary/aromatic N) is 15. The zero-order valence-electron chi connectivity index (χ0n) is 42.8. The molecule has 0 spiro atoms. The van der Waals surface area contributed by atoms with E-state index in [0.29, 0.717) is 90.2 Å². The van der Waals surface area contributed by atoms with Crippen LogP contribution in [0.25, 0.3) is 47.6 Å². The maximum Gasteiger partial charge on any atom is 0.302 e. The summed E-state index contributed by atoms with van der Waals surface area (Å²) >= 11 is 0. The fourth-order valence-electron chi connectivity index (χ4n) is 9.52. The number of fused-ring (bicyclic) bond motifs is 3. The van der Waals surface area contributed by atoms with Crippen LogP contribution in [0.1, 0.15) is 44.1 Å². The molecule has 3 fully saturated rings. The van der Waals surface area contributed by atoms with Gasteiger partial charge in [0.05, 0.1) is 38.4 Å². The second-order valence-electron chi connectivity index (χ2n) is 17.9. The summed E-state index contributed by atoms with van der Waals surface area (Å²) in [5.41, 5.74) is 1.92. The number of aromatic amines is 3. The Bertz CT molecular complexity index is 3030. The second kappa shape index (κ2) is 22.3. The predicted molar refractivity (Wildman–Crippen MR) is 264 cm³/mol. The highest BCUT2D eigenvalue weighted by Gasteiger charge is 2.36. The number of anilines is 3. The third-order valence-electron chi connectivity index (χ3n) is 13.7. The van der Waals surface area contributed by atoms with Crippen LogP contribution >= 0.6 is 0 Å². The summed E-state index contributed by atoms with van der Waals surface area (Å²) in [7, 11) is 5.85. The lowest BCUT2D eigenvalue weighted by molar-refractivity contribution is -0.131. The van der Waals surface area contributed by atoms with Gasteiger partial charge in [-0.3, -0.25) is 14.4 Å². The average Bonchev–Trinajstić information content (AvgIpc) is 4.10. The first-order valence-electron chi connectivity index (χ1n) is 24.5. The number of hydrogen-bond donors (Lipinski definition) is 3. The van der Waals surface area contributed by atoms with Crippen LogP contribution in [0.5, 0.6) is 0 Å². The number of hydrogen-bond acceptors (Lipinski definition) is 12. The van der Waals surface area contributed by atoms with Gasteiger partial charge >= 0.3 is 17.7 Å². The van der Waals surface area contributed by atoms with E-state index in [0.717, 1.165) is 42.7 Å². The Morgan fingerprint density at radius 3 is 1.36 bits per heavy atom. The van der Waals surface area contributed by atoms with Gasteiger partial charge in [0.2, 0.25) is 0 Å². The Labute approximate surface area is 406 Å². The summed E-state index contributed by atoms with van der Waals surface area (Å²) in [5, 5.41) is 2.19. The predicted octanol–water partition coefficient (Wildman–Crippen LogP) is 4.65. The van der Waals surface area contributed by atoms with Crippen molar-refractivity contribution in [2.75, 3.05) is 94.7 Å². The van der Waals surface area contributed by atoms with Crippen LogP contribution in [0.4, 0.5) is 17.5 Å². The van der Waals surface area contributed by atoms with Gasteiger partial charge in [-0.05, 0) is 55.2 Å². The molecule has 3 saturated heterocycles. The van der Waals surface area contributed by atoms with Crippen LogP contribution in [0, 0.1) is 37.5 Å². The second-order valence-corrected chi connectivity index (χ2v) is 17.9. The van der Waals surface area contributed by atoms with E-state index in [-0.39, 0.29) is 67.7 Å². The van der Waals surface area contributed by atoms with Crippen LogP contribution in [0.2, 0.25) is 0 Å². The van der Waals surface area contributed by atoms with Gasteiger partial charge in [-0.15, -0.1) is 0 Å². The summed E-state index contributed by atoms with van der Waals surface area (Å²) in [5.74, 6) is 2.95. The zero-order chi connectivity index (χ0) is 51.8. The summed E-state index contributed by atoms with van der Waals surface area (Å²) in [6.45, 7) is 30.6. The normalized spacial score (nSPS) is 21.8. The minimum atomic E-state index is -0.149. The summed E-state index contributed by atoms with van der Waals surface area (Å²) in [6, 6.07) is 2.67. The Morgan fingerprint density at radius 2 is 0.942 bits per heavy atom. The first kappa shape index (κ1) is 44.9. The van der Waals surface area contributed by atoms with Crippen molar-refractivity contribution in [1.29, 1.82) is 0 Å². The largest absolute Gasteiger partial charge is 0.354 e. The molecule has 3 aliphatic rings. The number of piperidine rings is 3. The van der Waals surface area contributed by atoms with E-state index in [9.17, 15) is 14.4 Å². The molecule has 0 unspecified atom stereocenters. The van der Waals surface area contributed by atoms with Gasteiger partial charge in [-0.2, -0.15) is 0 Å². The molecule has 3 aliphatic heterocycles. The summed E-state index contributed by atoms with van der Waals surface area (Å²) in [6.07, 6.45) is 10.6. The Balaban J connectivity index is 0.000000159. The summed E-state index contributed by atoms with van der Waals surface area (Å²) in [4.78, 5) is 91.7. The third-order valence-corrected chi connectivity index (χ3v) is 13.7. The molecule has 0 radical (unpaired) electrons. The van der Waals surface area contributed by atoms with Crippen LogP contribution < -0.4 is 14.7 Å². The molecule has 0 bridgehead atoms. The van der Waals surface area contributed by atoms with E-state index in [1.165, 1.54) is 12.7 Å². The molecular formula is C48H60N18O3. The number of aromatic nitrogens is 9. The average molecular weight is 940 g/mol. The van der Waals surface area contributed by atoms with Gasteiger partial charge < -0.3 is 58.9 Å². The molecule has 9 rings (SSSR count). The molecule has 0 aliphatic carbocycles. The highest BCUT2D eigenvalue weighted by atomic mass is 16.2. The smallest absolute Gasteiger partial charge is 0.302 e. The molecule has 360 valence electrons. The van der Waals surface area contributed by atoms with Crippen molar-refractivity contribution in [2.24, 2.45) is 17.8 Å². The number of amides is 3. The monoisotopic (exact) mass is 940 g/mol. The lowest BCUT2D eigenvalue weighted by Crippen LogP contribution is -2.53. The van der Waals surface area contributed by atoms with E-state index >= 15 is 0 Å². The molecule has 0 aromatic carbocycles. The fraction of sp³-hybridized carbons (Fsp3) is 0.500. The molecule has 69 heavy (non-hydrogen) atoms. The van der Waals surface area contributed by atoms with Crippen molar-refractivity contribution in [1.82, 2.24) is 59.6 Å². The highest BCUT2D eigenvalue weighted by Crippen LogP contribution is 2.31. The van der Waals surface area contributed by atoms with Crippen molar-refractivity contribution >= 4 is 68.3 Å². The number of nitrogens with one attached hydrogen (secondary N) is 3. The Morgan fingerprint density at radius 1 is 0.580 bits per heavy atom. The molecule has 6 aromatic heterocycles. The highest BCUT2D eigenvalue weighted by molar-refractivity contribution is 5.89. The first-order chi connectivity index (χ1) is 34.6. The maximum atomic E-state index is 12.1. The van der Waals surface area contributed by atoms with Crippen LogP contribution in [0.3, 0.4) is 0 Å². The zero-order valence-corrected chi connectivity index (χ0v) is 39.8. The van der Waals surface area contributed by atoms with Gasteiger partial charge in [0.15, 0.2) is 0 Å². The molecule has 3 amide bonds. The van der Waals surface area contributed by atoms with Crippen molar-refractivity contribution in [3.05, 3.63) is 90.0 Å². The van der Waals surface area contributed by atoms with Gasteiger partial charge in [0, 0.05) is 79.0 Å². The van der Waals surface area contributed by atoms with E-state index in [2.05, 4.69) is 85.1 Å².